The first-order valence-electron chi connectivity index (χ1n) is 8.08. The number of rotatable bonds is 4. The Morgan fingerprint density at radius 3 is 2.50 bits per heavy atom. The topological polar surface area (TPSA) is 75.8 Å². The van der Waals surface area contributed by atoms with Gasteiger partial charge < -0.3 is 5.73 Å². The van der Waals surface area contributed by atoms with Crippen molar-refractivity contribution >= 4 is 75.3 Å². The minimum atomic E-state index is -0.595. The molecule has 0 aromatic heterocycles. The molecule has 2 aromatic carbocycles. The van der Waals surface area contributed by atoms with Gasteiger partial charge in [0.15, 0.2) is 5.17 Å². The van der Waals surface area contributed by atoms with Crippen molar-refractivity contribution in [2.45, 2.75) is 12.2 Å². The number of amidine groups is 1. The van der Waals surface area contributed by atoms with Gasteiger partial charge in [-0.3, -0.25) is 14.5 Å². The van der Waals surface area contributed by atoms with E-state index in [-0.39, 0.29) is 10.7 Å². The number of nitrogens with two attached hydrogens (primary N) is 1. The number of benzene rings is 2. The summed E-state index contributed by atoms with van der Waals surface area (Å²) in [5.41, 5.74) is 6.69. The molecule has 1 aliphatic heterocycles. The van der Waals surface area contributed by atoms with Gasteiger partial charge >= 0.3 is 0 Å². The van der Waals surface area contributed by atoms with Gasteiger partial charge in [-0.1, -0.05) is 64.8 Å². The zero-order chi connectivity index (χ0) is 20.4. The van der Waals surface area contributed by atoms with Crippen LogP contribution in [0.15, 0.2) is 53.2 Å². The molecule has 2 N–H and O–H groups in total. The Morgan fingerprint density at radius 1 is 1.18 bits per heavy atom. The van der Waals surface area contributed by atoms with E-state index in [0.29, 0.717) is 20.9 Å². The Morgan fingerprint density at radius 2 is 1.86 bits per heavy atom. The van der Waals surface area contributed by atoms with Crippen molar-refractivity contribution in [1.82, 2.24) is 0 Å². The zero-order valence-electron chi connectivity index (χ0n) is 14.5. The molecule has 0 saturated heterocycles. The summed E-state index contributed by atoms with van der Waals surface area (Å²) in [5.74, 6) is -0.911. The van der Waals surface area contributed by atoms with Gasteiger partial charge in [0.05, 0.1) is 21.0 Å². The SMILES string of the molecule is C[C@H](SC1=N/C(=C\c2ccc(Cl)cc2)C(=O)N1c1cccc(Cl)c1Cl)C(N)=O. The first kappa shape index (κ1) is 20.7. The van der Waals surface area contributed by atoms with Crippen LogP contribution in [0.25, 0.3) is 6.08 Å². The maximum Gasteiger partial charge on any atom is 0.283 e. The van der Waals surface area contributed by atoms with Crippen LogP contribution in [0.4, 0.5) is 5.69 Å². The van der Waals surface area contributed by atoms with E-state index < -0.39 is 17.1 Å². The number of anilines is 1. The highest BCUT2D eigenvalue weighted by molar-refractivity contribution is 8.15. The monoisotopic (exact) mass is 453 g/mol. The fourth-order valence-corrected chi connectivity index (χ4v) is 3.76. The highest BCUT2D eigenvalue weighted by Gasteiger charge is 2.35. The molecule has 0 unspecified atom stereocenters. The van der Waals surface area contributed by atoms with E-state index in [1.165, 1.54) is 4.90 Å². The normalized spacial score (nSPS) is 16.4. The zero-order valence-corrected chi connectivity index (χ0v) is 17.6. The summed E-state index contributed by atoms with van der Waals surface area (Å²) < 4.78 is 0. The number of hydrogen-bond donors (Lipinski definition) is 1. The lowest BCUT2D eigenvalue weighted by atomic mass is 10.2. The summed E-state index contributed by atoms with van der Waals surface area (Å²) >= 11 is 19.4. The molecule has 5 nitrogen and oxygen atoms in total. The van der Waals surface area contributed by atoms with Crippen molar-refractivity contribution in [2.24, 2.45) is 10.7 Å². The molecule has 3 rings (SSSR count). The van der Waals surface area contributed by atoms with E-state index in [1.54, 1.807) is 55.5 Å². The lowest BCUT2D eigenvalue weighted by Gasteiger charge is -2.20. The molecule has 144 valence electrons. The summed E-state index contributed by atoms with van der Waals surface area (Å²) in [7, 11) is 0. The number of amides is 2. The first-order valence-corrected chi connectivity index (χ1v) is 10.1. The molecule has 0 spiro atoms. The van der Waals surface area contributed by atoms with Gasteiger partial charge in [-0.25, -0.2) is 4.99 Å². The van der Waals surface area contributed by atoms with Crippen LogP contribution in [0, 0.1) is 0 Å². The summed E-state index contributed by atoms with van der Waals surface area (Å²) in [4.78, 5) is 30.3. The Bertz CT molecular complexity index is 1010. The van der Waals surface area contributed by atoms with Crippen LogP contribution in [0.1, 0.15) is 12.5 Å². The second kappa shape index (κ2) is 8.57. The van der Waals surface area contributed by atoms with Crippen LogP contribution in [0.5, 0.6) is 0 Å². The van der Waals surface area contributed by atoms with Crippen molar-refractivity contribution < 1.29 is 9.59 Å². The van der Waals surface area contributed by atoms with Crippen molar-refractivity contribution in [3.8, 4) is 0 Å². The fraction of sp³-hybridized carbons (Fsp3) is 0.105. The molecule has 0 aliphatic carbocycles. The molecule has 0 bridgehead atoms. The number of carbonyl (C=O) groups excluding carboxylic acids is 2. The van der Waals surface area contributed by atoms with E-state index >= 15 is 0 Å². The lowest BCUT2D eigenvalue weighted by Crippen LogP contribution is -2.33. The van der Waals surface area contributed by atoms with Crippen LogP contribution in [-0.2, 0) is 9.59 Å². The molecule has 1 atom stereocenters. The third-order valence-corrected chi connectivity index (χ3v) is 5.99. The van der Waals surface area contributed by atoms with E-state index in [9.17, 15) is 9.59 Å². The highest BCUT2D eigenvalue weighted by atomic mass is 35.5. The molecule has 1 heterocycles. The molecular weight excluding hydrogens is 441 g/mol. The Labute approximate surface area is 181 Å². The second-order valence-corrected chi connectivity index (χ2v) is 8.38. The Kier molecular flexibility index (Phi) is 6.35. The Balaban J connectivity index is 2.05. The summed E-state index contributed by atoms with van der Waals surface area (Å²) in [6.45, 7) is 1.64. The number of nitrogens with zero attached hydrogens (tertiary/aromatic N) is 2. The number of primary amides is 1. The summed E-state index contributed by atoms with van der Waals surface area (Å²) in [5, 5.41) is 0.796. The first-order chi connectivity index (χ1) is 13.3. The molecule has 0 saturated carbocycles. The van der Waals surface area contributed by atoms with E-state index in [4.69, 9.17) is 40.5 Å². The van der Waals surface area contributed by atoms with Crippen LogP contribution in [0.2, 0.25) is 15.1 Å². The summed E-state index contributed by atoms with van der Waals surface area (Å²) in [6.07, 6.45) is 1.63. The number of thioether (sulfide) groups is 1. The van der Waals surface area contributed by atoms with Crippen molar-refractivity contribution in [3.05, 3.63) is 68.8 Å². The maximum absolute atomic E-state index is 13.1. The molecule has 2 amide bonds. The van der Waals surface area contributed by atoms with Gasteiger partial charge in [-0.05, 0) is 42.8 Å². The molecular formula is C19H14Cl3N3O2S. The minimum absolute atomic E-state index is 0.192. The summed E-state index contributed by atoms with van der Waals surface area (Å²) in [6, 6.07) is 11.9. The van der Waals surface area contributed by atoms with Gasteiger partial charge in [-0.2, -0.15) is 0 Å². The van der Waals surface area contributed by atoms with Crippen molar-refractivity contribution in [3.63, 3.8) is 0 Å². The quantitative estimate of drug-likeness (QED) is 0.661. The number of hydrogen-bond acceptors (Lipinski definition) is 4. The van der Waals surface area contributed by atoms with Gasteiger partial charge in [0.2, 0.25) is 5.91 Å². The minimum Gasteiger partial charge on any atom is -0.369 e. The van der Waals surface area contributed by atoms with Crippen LogP contribution in [-0.4, -0.2) is 22.2 Å². The average molecular weight is 455 g/mol. The predicted octanol–water partition coefficient (Wildman–Crippen LogP) is 5.00. The van der Waals surface area contributed by atoms with Crippen LogP contribution >= 0.6 is 46.6 Å². The fourth-order valence-electron chi connectivity index (χ4n) is 2.39. The number of halogens is 3. The Hall–Kier alpha value is -1.99. The molecule has 1 aliphatic rings. The van der Waals surface area contributed by atoms with E-state index in [2.05, 4.69) is 4.99 Å². The van der Waals surface area contributed by atoms with Gasteiger partial charge in [0.1, 0.15) is 5.70 Å². The molecule has 9 heteroatoms. The largest absolute Gasteiger partial charge is 0.369 e. The van der Waals surface area contributed by atoms with Crippen molar-refractivity contribution in [1.29, 1.82) is 0 Å². The number of aliphatic imine (C=N–C) groups is 1. The molecule has 2 aromatic rings. The average Bonchev–Trinajstić information content (AvgIpc) is 2.94. The highest BCUT2D eigenvalue weighted by Crippen LogP contribution is 2.38. The molecule has 0 fully saturated rings. The standard InChI is InChI=1S/C19H14Cl3N3O2S/c1-10(17(23)26)28-19-24-14(9-11-5-7-12(20)8-6-11)18(27)25(19)15-4-2-3-13(21)16(15)22/h2-10H,1H3,(H2,23,26)/b14-9-/t10-/m0/s1. The van der Waals surface area contributed by atoms with Gasteiger partial charge in [0.25, 0.3) is 5.91 Å². The van der Waals surface area contributed by atoms with Crippen LogP contribution < -0.4 is 10.6 Å². The second-order valence-electron chi connectivity index (χ2n) is 5.85. The third kappa shape index (κ3) is 4.36. The lowest BCUT2D eigenvalue weighted by molar-refractivity contribution is -0.117. The maximum atomic E-state index is 13.1. The number of carbonyl (C=O) groups is 2. The van der Waals surface area contributed by atoms with E-state index in [1.807, 2.05) is 0 Å². The third-order valence-electron chi connectivity index (χ3n) is 3.86. The van der Waals surface area contributed by atoms with E-state index in [0.717, 1.165) is 17.3 Å². The van der Waals surface area contributed by atoms with Crippen molar-refractivity contribution in [2.75, 3.05) is 4.90 Å². The smallest absolute Gasteiger partial charge is 0.283 e. The van der Waals surface area contributed by atoms with Gasteiger partial charge in [-0.15, -0.1) is 0 Å². The predicted molar refractivity (Wildman–Crippen MR) is 117 cm³/mol. The van der Waals surface area contributed by atoms with Crippen LogP contribution in [0.3, 0.4) is 0 Å². The molecule has 28 heavy (non-hydrogen) atoms. The molecule has 0 radical (unpaired) electrons. The van der Waals surface area contributed by atoms with Gasteiger partial charge in [0, 0.05) is 5.02 Å².